The average Bonchev–Trinajstić information content (AvgIpc) is 2.46. The second-order valence-corrected chi connectivity index (χ2v) is 7.39. The second kappa shape index (κ2) is 9.36. The summed E-state index contributed by atoms with van der Waals surface area (Å²) in [6, 6.07) is 3.87. The SMILES string of the molecule is Cc1cc(C)c(C(=O)COC(=O)CCCNC(=O)OC(C)(C)C)c(C)c1. The van der Waals surface area contributed by atoms with E-state index in [1.54, 1.807) is 20.8 Å². The molecule has 0 aliphatic carbocycles. The van der Waals surface area contributed by atoms with Gasteiger partial charge in [-0.25, -0.2) is 4.79 Å². The number of rotatable bonds is 7. The predicted octanol–water partition coefficient (Wildman–Crippen LogP) is 3.64. The molecule has 0 spiro atoms. The van der Waals surface area contributed by atoms with Gasteiger partial charge in [0.2, 0.25) is 5.78 Å². The molecule has 26 heavy (non-hydrogen) atoms. The van der Waals surface area contributed by atoms with Crippen molar-refractivity contribution in [1.82, 2.24) is 5.32 Å². The quantitative estimate of drug-likeness (QED) is 0.454. The molecule has 144 valence electrons. The highest BCUT2D eigenvalue weighted by atomic mass is 16.6. The predicted molar refractivity (Wildman–Crippen MR) is 99.4 cm³/mol. The maximum Gasteiger partial charge on any atom is 0.407 e. The molecule has 0 heterocycles. The molecule has 1 N–H and O–H groups in total. The molecular weight excluding hydrogens is 334 g/mol. The molecule has 1 amide bonds. The van der Waals surface area contributed by atoms with Crippen LogP contribution in [0.3, 0.4) is 0 Å². The summed E-state index contributed by atoms with van der Waals surface area (Å²) in [5, 5.41) is 2.57. The third-order valence-electron chi connectivity index (χ3n) is 3.55. The molecule has 0 aromatic heterocycles. The van der Waals surface area contributed by atoms with Gasteiger partial charge >= 0.3 is 12.1 Å². The van der Waals surface area contributed by atoms with E-state index in [0.29, 0.717) is 18.5 Å². The van der Waals surface area contributed by atoms with Crippen molar-refractivity contribution in [2.24, 2.45) is 0 Å². The zero-order valence-electron chi connectivity index (χ0n) is 16.5. The number of carbonyl (C=O) groups excluding carboxylic acids is 3. The van der Waals surface area contributed by atoms with Gasteiger partial charge in [-0.3, -0.25) is 9.59 Å². The molecule has 0 radical (unpaired) electrons. The molecule has 0 aliphatic heterocycles. The lowest BCUT2D eigenvalue weighted by atomic mass is 9.97. The van der Waals surface area contributed by atoms with Crippen molar-refractivity contribution < 1.29 is 23.9 Å². The lowest BCUT2D eigenvalue weighted by Gasteiger charge is -2.19. The van der Waals surface area contributed by atoms with Crippen LogP contribution in [0.25, 0.3) is 0 Å². The van der Waals surface area contributed by atoms with E-state index in [2.05, 4.69) is 5.32 Å². The molecular formula is C20H29NO5. The topological polar surface area (TPSA) is 81.7 Å². The number of aryl methyl sites for hydroxylation is 3. The van der Waals surface area contributed by atoms with Crippen LogP contribution >= 0.6 is 0 Å². The highest BCUT2D eigenvalue weighted by Crippen LogP contribution is 2.17. The molecule has 0 unspecified atom stereocenters. The van der Waals surface area contributed by atoms with Gasteiger partial charge in [-0.1, -0.05) is 17.7 Å². The largest absolute Gasteiger partial charge is 0.457 e. The average molecular weight is 363 g/mol. The fourth-order valence-electron chi connectivity index (χ4n) is 2.65. The van der Waals surface area contributed by atoms with Gasteiger partial charge in [-0.2, -0.15) is 0 Å². The third-order valence-corrected chi connectivity index (χ3v) is 3.55. The van der Waals surface area contributed by atoms with Crippen LogP contribution in [0.2, 0.25) is 0 Å². The number of esters is 1. The molecule has 1 aromatic carbocycles. The maximum atomic E-state index is 12.3. The number of hydrogen-bond donors (Lipinski definition) is 1. The van der Waals surface area contributed by atoms with Crippen molar-refractivity contribution in [3.63, 3.8) is 0 Å². The summed E-state index contributed by atoms with van der Waals surface area (Å²) in [5.41, 5.74) is 2.89. The smallest absolute Gasteiger partial charge is 0.407 e. The monoisotopic (exact) mass is 363 g/mol. The van der Waals surface area contributed by atoms with E-state index < -0.39 is 17.7 Å². The number of Topliss-reactive ketones (excluding diaryl/α,β-unsaturated/α-hetero) is 1. The van der Waals surface area contributed by atoms with E-state index in [1.165, 1.54) is 0 Å². The second-order valence-electron chi connectivity index (χ2n) is 7.39. The van der Waals surface area contributed by atoms with Crippen molar-refractivity contribution >= 4 is 17.8 Å². The fraction of sp³-hybridized carbons (Fsp3) is 0.550. The minimum Gasteiger partial charge on any atom is -0.457 e. The molecule has 0 saturated heterocycles. The summed E-state index contributed by atoms with van der Waals surface area (Å²) in [5.74, 6) is -0.674. The van der Waals surface area contributed by atoms with Gasteiger partial charge in [-0.05, 0) is 59.1 Å². The van der Waals surface area contributed by atoms with Crippen molar-refractivity contribution in [3.05, 3.63) is 34.4 Å². The molecule has 1 rings (SSSR count). The molecule has 1 aromatic rings. The van der Waals surface area contributed by atoms with Gasteiger partial charge < -0.3 is 14.8 Å². The lowest BCUT2D eigenvalue weighted by Crippen LogP contribution is -2.33. The van der Waals surface area contributed by atoms with E-state index in [-0.39, 0.29) is 18.8 Å². The van der Waals surface area contributed by atoms with E-state index >= 15 is 0 Å². The Balaban J connectivity index is 2.35. The Hall–Kier alpha value is -2.37. The number of nitrogens with one attached hydrogen (secondary N) is 1. The van der Waals surface area contributed by atoms with Crippen LogP contribution in [0.5, 0.6) is 0 Å². The van der Waals surface area contributed by atoms with Gasteiger partial charge in [0.05, 0.1) is 0 Å². The molecule has 0 saturated carbocycles. The molecule has 0 fully saturated rings. The van der Waals surface area contributed by atoms with Crippen LogP contribution in [0.4, 0.5) is 4.79 Å². The van der Waals surface area contributed by atoms with Crippen LogP contribution in [0.1, 0.15) is 60.7 Å². The zero-order chi connectivity index (χ0) is 19.9. The lowest BCUT2D eigenvalue weighted by molar-refractivity contribution is -0.142. The summed E-state index contributed by atoms with van der Waals surface area (Å²) in [6.07, 6.45) is 0.00966. The Morgan fingerprint density at radius 1 is 1.04 bits per heavy atom. The van der Waals surface area contributed by atoms with Gasteiger partial charge in [0.25, 0.3) is 0 Å². The molecule has 0 atom stereocenters. The Labute approximate surface area is 155 Å². The normalized spacial score (nSPS) is 11.0. The molecule has 0 aliphatic rings. The number of ketones is 1. The highest BCUT2D eigenvalue weighted by molar-refractivity contribution is 6.00. The molecule has 6 heteroatoms. The van der Waals surface area contributed by atoms with Crippen LogP contribution in [-0.2, 0) is 14.3 Å². The third kappa shape index (κ3) is 7.68. The highest BCUT2D eigenvalue weighted by Gasteiger charge is 2.17. The Morgan fingerprint density at radius 2 is 1.62 bits per heavy atom. The zero-order valence-corrected chi connectivity index (χ0v) is 16.5. The number of carbonyl (C=O) groups is 3. The minimum atomic E-state index is -0.560. The van der Waals surface area contributed by atoms with Crippen LogP contribution in [-0.4, -0.2) is 36.6 Å². The van der Waals surface area contributed by atoms with Crippen molar-refractivity contribution in [2.75, 3.05) is 13.2 Å². The Kier molecular flexibility index (Phi) is 7.80. The first-order chi connectivity index (χ1) is 12.0. The molecule has 6 nitrogen and oxygen atoms in total. The fourth-order valence-corrected chi connectivity index (χ4v) is 2.65. The summed E-state index contributed by atoms with van der Waals surface area (Å²) < 4.78 is 10.1. The van der Waals surface area contributed by atoms with Crippen LogP contribution < -0.4 is 5.32 Å². The van der Waals surface area contributed by atoms with E-state index in [0.717, 1.165) is 16.7 Å². The Morgan fingerprint density at radius 3 is 2.15 bits per heavy atom. The maximum absolute atomic E-state index is 12.3. The van der Waals surface area contributed by atoms with Crippen molar-refractivity contribution in [3.8, 4) is 0 Å². The Bertz CT molecular complexity index is 650. The summed E-state index contributed by atoms with van der Waals surface area (Å²) in [4.78, 5) is 35.5. The van der Waals surface area contributed by atoms with Crippen LogP contribution in [0.15, 0.2) is 12.1 Å². The van der Waals surface area contributed by atoms with Gasteiger partial charge in [-0.15, -0.1) is 0 Å². The first kappa shape index (κ1) is 21.7. The van der Waals surface area contributed by atoms with Gasteiger partial charge in [0, 0.05) is 18.5 Å². The van der Waals surface area contributed by atoms with E-state index in [1.807, 2.05) is 32.9 Å². The first-order valence-corrected chi connectivity index (χ1v) is 8.73. The summed E-state index contributed by atoms with van der Waals surface area (Å²) in [7, 11) is 0. The van der Waals surface area contributed by atoms with Crippen molar-refractivity contribution in [1.29, 1.82) is 0 Å². The minimum absolute atomic E-state index is 0.120. The van der Waals surface area contributed by atoms with Gasteiger partial charge in [0.1, 0.15) is 5.60 Å². The number of hydrogen-bond acceptors (Lipinski definition) is 5. The van der Waals surface area contributed by atoms with Crippen molar-refractivity contribution in [2.45, 2.75) is 60.0 Å². The standard InChI is InChI=1S/C20H29NO5/c1-13-10-14(2)18(15(3)11-13)16(22)12-25-17(23)8-7-9-21-19(24)26-20(4,5)6/h10-11H,7-9,12H2,1-6H3,(H,21,24). The number of alkyl carbamates (subject to hydrolysis) is 1. The van der Waals surface area contributed by atoms with Crippen LogP contribution in [0, 0.1) is 20.8 Å². The molecule has 0 bridgehead atoms. The van der Waals surface area contributed by atoms with E-state index in [4.69, 9.17) is 9.47 Å². The van der Waals surface area contributed by atoms with E-state index in [9.17, 15) is 14.4 Å². The van der Waals surface area contributed by atoms with Gasteiger partial charge in [0.15, 0.2) is 6.61 Å². The number of amides is 1. The first-order valence-electron chi connectivity index (χ1n) is 8.73. The summed E-state index contributed by atoms with van der Waals surface area (Å²) >= 11 is 0. The number of benzene rings is 1. The number of ether oxygens (including phenoxy) is 2. The summed E-state index contributed by atoms with van der Waals surface area (Å²) in [6.45, 7) is 11.1.